The molecule has 0 saturated carbocycles. The van der Waals surface area contributed by atoms with Crippen LogP contribution in [0.5, 0.6) is 11.5 Å². The maximum absolute atomic E-state index is 12.8. The van der Waals surface area contributed by atoms with Gasteiger partial charge in [0, 0.05) is 37.7 Å². The van der Waals surface area contributed by atoms with E-state index in [0.29, 0.717) is 61.2 Å². The Bertz CT molecular complexity index is 1030. The molecule has 0 bridgehead atoms. The number of halogens is 1. The lowest BCUT2D eigenvalue weighted by atomic mass is 10.0. The zero-order valence-corrected chi connectivity index (χ0v) is 17.9. The van der Waals surface area contributed by atoms with E-state index in [1.807, 2.05) is 0 Å². The average Bonchev–Trinajstić information content (AvgIpc) is 3.08. The molecule has 1 N–H and O–H groups in total. The summed E-state index contributed by atoms with van der Waals surface area (Å²) >= 11 is 5.92. The summed E-state index contributed by atoms with van der Waals surface area (Å²) in [7, 11) is 0. The number of carbonyl (C=O) groups excluding carboxylic acids is 2. The first-order valence-electron chi connectivity index (χ1n) is 10.1. The Hall–Kier alpha value is -3.03. The molecule has 2 aromatic carbocycles. The largest absolute Gasteiger partial charge is 0.507 e. The van der Waals surface area contributed by atoms with E-state index in [-0.39, 0.29) is 23.4 Å². The van der Waals surface area contributed by atoms with Gasteiger partial charge in [0.05, 0.1) is 17.7 Å². The molecule has 8 heteroatoms. The van der Waals surface area contributed by atoms with Crippen molar-refractivity contribution in [2.24, 2.45) is 0 Å². The highest BCUT2D eigenvalue weighted by molar-refractivity contribution is 6.30. The monoisotopic (exact) mass is 442 g/mol. The summed E-state index contributed by atoms with van der Waals surface area (Å²) in [4.78, 5) is 28.5. The van der Waals surface area contributed by atoms with Gasteiger partial charge in [-0.25, -0.2) is 4.79 Å². The smallest absolute Gasteiger partial charge is 0.409 e. The Morgan fingerprint density at radius 2 is 1.87 bits per heavy atom. The van der Waals surface area contributed by atoms with Crippen LogP contribution in [0.25, 0.3) is 6.08 Å². The van der Waals surface area contributed by atoms with Gasteiger partial charge < -0.3 is 19.5 Å². The molecule has 0 spiro atoms. The van der Waals surface area contributed by atoms with E-state index in [1.165, 1.54) is 6.07 Å². The van der Waals surface area contributed by atoms with Crippen LogP contribution in [-0.4, -0.2) is 59.6 Å². The molecule has 0 atom stereocenters. The first-order chi connectivity index (χ1) is 15.0. The predicted octanol–water partition coefficient (Wildman–Crippen LogP) is 3.94. The molecule has 1 amide bonds. The Labute approximate surface area is 185 Å². The molecular formula is C23H23ClN2O5. The third-order valence-corrected chi connectivity index (χ3v) is 5.62. The molecule has 4 rings (SSSR count). The van der Waals surface area contributed by atoms with E-state index in [2.05, 4.69) is 4.90 Å². The number of benzene rings is 2. The van der Waals surface area contributed by atoms with Crippen molar-refractivity contribution in [3.05, 3.63) is 63.9 Å². The van der Waals surface area contributed by atoms with Crippen LogP contribution in [-0.2, 0) is 11.3 Å². The van der Waals surface area contributed by atoms with Crippen LogP contribution >= 0.6 is 11.6 Å². The van der Waals surface area contributed by atoms with Crippen molar-refractivity contribution in [3.8, 4) is 11.5 Å². The van der Waals surface area contributed by atoms with E-state index in [4.69, 9.17) is 21.1 Å². The van der Waals surface area contributed by atoms with Crippen LogP contribution in [0, 0.1) is 0 Å². The van der Waals surface area contributed by atoms with Crippen LogP contribution in [0.4, 0.5) is 4.79 Å². The summed E-state index contributed by atoms with van der Waals surface area (Å²) in [5.41, 5.74) is 1.79. The Morgan fingerprint density at radius 3 is 2.55 bits per heavy atom. The SMILES string of the molecule is CCOC(=O)N1CCN(Cc2c(O)ccc3c2O/C(=C\c2ccc(Cl)cc2)C3=O)CC1. The van der Waals surface area contributed by atoms with Gasteiger partial charge in [0.15, 0.2) is 5.76 Å². The number of Topliss-reactive ketones (excluding diaryl/α,β-unsaturated/α-hetero) is 1. The molecule has 0 unspecified atom stereocenters. The van der Waals surface area contributed by atoms with Gasteiger partial charge in [-0.2, -0.15) is 0 Å². The number of piperazine rings is 1. The second-order valence-corrected chi connectivity index (χ2v) is 7.83. The second kappa shape index (κ2) is 8.99. The molecule has 1 saturated heterocycles. The lowest BCUT2D eigenvalue weighted by Gasteiger charge is -2.34. The predicted molar refractivity (Wildman–Crippen MR) is 116 cm³/mol. The van der Waals surface area contributed by atoms with Gasteiger partial charge in [0.25, 0.3) is 0 Å². The molecule has 0 aliphatic carbocycles. The van der Waals surface area contributed by atoms with Crippen molar-refractivity contribution in [2.75, 3.05) is 32.8 Å². The van der Waals surface area contributed by atoms with Gasteiger partial charge in [0.1, 0.15) is 11.5 Å². The normalized spacial score (nSPS) is 17.5. The number of fused-ring (bicyclic) bond motifs is 1. The number of ether oxygens (including phenoxy) is 2. The number of carbonyl (C=O) groups is 2. The standard InChI is InChI=1S/C23H23ClN2O5/c1-2-30-23(29)26-11-9-25(10-12-26)14-18-19(27)8-7-17-21(28)20(31-22(17)18)13-15-3-5-16(24)6-4-15/h3-8,13,27H,2,9-12,14H2,1H3/b20-13-. The summed E-state index contributed by atoms with van der Waals surface area (Å²) in [6.07, 6.45) is 1.36. The second-order valence-electron chi connectivity index (χ2n) is 7.39. The molecule has 2 heterocycles. The molecular weight excluding hydrogens is 420 g/mol. The van der Waals surface area contributed by atoms with Crippen molar-refractivity contribution < 1.29 is 24.2 Å². The van der Waals surface area contributed by atoms with Crippen molar-refractivity contribution >= 4 is 29.6 Å². The zero-order chi connectivity index (χ0) is 22.0. The van der Waals surface area contributed by atoms with E-state index >= 15 is 0 Å². The van der Waals surface area contributed by atoms with Crippen molar-refractivity contribution in [1.29, 1.82) is 0 Å². The topological polar surface area (TPSA) is 79.3 Å². The van der Waals surface area contributed by atoms with E-state index in [0.717, 1.165) is 5.56 Å². The Balaban J connectivity index is 1.50. The van der Waals surface area contributed by atoms with Crippen molar-refractivity contribution in [1.82, 2.24) is 9.80 Å². The molecule has 1 fully saturated rings. The highest BCUT2D eigenvalue weighted by Crippen LogP contribution is 2.40. The van der Waals surface area contributed by atoms with Crippen LogP contribution in [0.2, 0.25) is 5.02 Å². The minimum absolute atomic E-state index is 0.0760. The van der Waals surface area contributed by atoms with Crippen molar-refractivity contribution in [3.63, 3.8) is 0 Å². The van der Waals surface area contributed by atoms with Gasteiger partial charge in [-0.3, -0.25) is 9.69 Å². The van der Waals surface area contributed by atoms with Crippen LogP contribution in [0.1, 0.15) is 28.4 Å². The molecule has 2 aliphatic heterocycles. The number of ketones is 1. The molecule has 7 nitrogen and oxygen atoms in total. The summed E-state index contributed by atoms with van der Waals surface area (Å²) in [6, 6.07) is 10.2. The molecule has 31 heavy (non-hydrogen) atoms. The maximum Gasteiger partial charge on any atom is 0.409 e. The number of aromatic hydroxyl groups is 1. The fraction of sp³-hybridized carbons (Fsp3) is 0.304. The fourth-order valence-corrected chi connectivity index (χ4v) is 3.81. The third-order valence-electron chi connectivity index (χ3n) is 5.36. The minimum atomic E-state index is -0.309. The molecule has 0 aromatic heterocycles. The highest BCUT2D eigenvalue weighted by Gasteiger charge is 2.32. The number of nitrogens with zero attached hydrogens (tertiary/aromatic N) is 2. The van der Waals surface area contributed by atoms with Gasteiger partial charge in [-0.1, -0.05) is 23.7 Å². The molecule has 2 aliphatic rings. The number of amides is 1. The number of hydrogen-bond donors (Lipinski definition) is 1. The first-order valence-corrected chi connectivity index (χ1v) is 10.5. The van der Waals surface area contributed by atoms with Crippen LogP contribution in [0.15, 0.2) is 42.2 Å². The Morgan fingerprint density at radius 1 is 1.16 bits per heavy atom. The molecule has 162 valence electrons. The maximum atomic E-state index is 12.8. The Kier molecular flexibility index (Phi) is 6.15. The van der Waals surface area contributed by atoms with Gasteiger partial charge in [0.2, 0.25) is 5.78 Å². The van der Waals surface area contributed by atoms with E-state index < -0.39 is 0 Å². The highest BCUT2D eigenvalue weighted by atomic mass is 35.5. The third kappa shape index (κ3) is 4.52. The average molecular weight is 443 g/mol. The quantitative estimate of drug-likeness (QED) is 0.722. The molecule has 2 aromatic rings. The van der Waals surface area contributed by atoms with Gasteiger partial charge in [-0.15, -0.1) is 0 Å². The summed E-state index contributed by atoms with van der Waals surface area (Å²) < 4.78 is 11.0. The van der Waals surface area contributed by atoms with E-state index in [9.17, 15) is 14.7 Å². The zero-order valence-electron chi connectivity index (χ0n) is 17.1. The minimum Gasteiger partial charge on any atom is -0.507 e. The van der Waals surface area contributed by atoms with E-state index in [1.54, 1.807) is 48.2 Å². The number of phenolic OH excluding ortho intramolecular Hbond substituents is 1. The van der Waals surface area contributed by atoms with Crippen LogP contribution in [0.3, 0.4) is 0 Å². The summed E-state index contributed by atoms with van der Waals surface area (Å²) in [6.45, 7) is 4.87. The van der Waals surface area contributed by atoms with Crippen LogP contribution < -0.4 is 4.74 Å². The number of hydrogen-bond acceptors (Lipinski definition) is 6. The number of rotatable bonds is 4. The fourth-order valence-electron chi connectivity index (χ4n) is 3.69. The van der Waals surface area contributed by atoms with Crippen molar-refractivity contribution in [2.45, 2.75) is 13.5 Å². The summed E-state index contributed by atoms with van der Waals surface area (Å²) in [5, 5.41) is 11.1. The lowest BCUT2D eigenvalue weighted by molar-refractivity contribution is 0.0774. The first kappa shape index (κ1) is 21.2. The summed E-state index contributed by atoms with van der Waals surface area (Å²) in [5.74, 6) is 0.444. The molecule has 0 radical (unpaired) electrons. The number of allylic oxidation sites excluding steroid dienone is 1. The number of phenols is 1. The van der Waals surface area contributed by atoms with Gasteiger partial charge >= 0.3 is 6.09 Å². The lowest BCUT2D eigenvalue weighted by Crippen LogP contribution is -2.48. The van der Waals surface area contributed by atoms with Gasteiger partial charge in [-0.05, 0) is 42.8 Å².